The zero-order chi connectivity index (χ0) is 13.0. The fourth-order valence-corrected chi connectivity index (χ4v) is 1.84. The average molecular weight is 303 g/mol. The van der Waals surface area contributed by atoms with Gasteiger partial charge in [-0.3, -0.25) is 19.9 Å². The molecule has 0 aliphatic rings. The van der Waals surface area contributed by atoms with Crippen LogP contribution in [0.1, 0.15) is 31.4 Å². The molecule has 92 valence electrons. The molecule has 17 heavy (non-hydrogen) atoms. The topological polar surface area (TPSA) is 93.3 Å². The van der Waals surface area contributed by atoms with Crippen LogP contribution in [0.5, 0.6) is 0 Å². The van der Waals surface area contributed by atoms with Crippen molar-refractivity contribution in [2.45, 2.75) is 25.7 Å². The number of carboxylic acid groups (broad SMARTS) is 1. The molecular formula is C10H11BrN2O4. The second kappa shape index (κ2) is 5.72. The number of halogens is 1. The van der Waals surface area contributed by atoms with Crippen LogP contribution in [0.4, 0.5) is 5.69 Å². The fourth-order valence-electron chi connectivity index (χ4n) is 1.52. The Morgan fingerprint density at radius 1 is 1.71 bits per heavy atom. The summed E-state index contributed by atoms with van der Waals surface area (Å²) >= 11 is 3.08. The summed E-state index contributed by atoms with van der Waals surface area (Å²) < 4.78 is 0.452. The molecule has 0 bridgehead atoms. The SMILES string of the molecule is CCCC(C(=O)O)c1ncc(Br)cc1[N+](=O)[O-]. The van der Waals surface area contributed by atoms with Crippen LogP contribution in [0.3, 0.4) is 0 Å². The molecule has 0 amide bonds. The molecule has 0 saturated heterocycles. The van der Waals surface area contributed by atoms with Gasteiger partial charge in [0.05, 0.1) is 4.92 Å². The molecule has 1 N–H and O–H groups in total. The van der Waals surface area contributed by atoms with Gasteiger partial charge < -0.3 is 5.11 Å². The lowest BCUT2D eigenvalue weighted by Gasteiger charge is -2.10. The maximum atomic E-state index is 11.1. The molecule has 0 aromatic carbocycles. The highest BCUT2D eigenvalue weighted by Crippen LogP contribution is 2.30. The Hall–Kier alpha value is -1.50. The minimum atomic E-state index is -1.09. The second-order valence-electron chi connectivity index (χ2n) is 3.49. The lowest BCUT2D eigenvalue weighted by atomic mass is 9.98. The highest BCUT2D eigenvalue weighted by atomic mass is 79.9. The maximum absolute atomic E-state index is 11.1. The number of nitrogens with zero attached hydrogens (tertiary/aromatic N) is 2. The van der Waals surface area contributed by atoms with Crippen molar-refractivity contribution in [2.75, 3.05) is 0 Å². The Balaban J connectivity index is 3.27. The molecule has 7 heteroatoms. The Bertz CT molecular complexity index is 450. The van der Waals surface area contributed by atoms with Crippen molar-refractivity contribution in [3.05, 3.63) is 32.5 Å². The molecule has 0 saturated carbocycles. The number of aliphatic carboxylic acids is 1. The lowest BCUT2D eigenvalue weighted by molar-refractivity contribution is -0.386. The standard InChI is InChI=1S/C10H11BrN2O4/c1-2-3-7(10(14)15)9-8(13(16)17)4-6(11)5-12-9/h4-5,7H,2-3H2,1H3,(H,14,15). The normalized spacial score (nSPS) is 12.1. The Morgan fingerprint density at radius 2 is 2.35 bits per heavy atom. The first kappa shape index (κ1) is 13.6. The molecular weight excluding hydrogens is 292 g/mol. The summed E-state index contributed by atoms with van der Waals surface area (Å²) in [4.78, 5) is 25.2. The zero-order valence-electron chi connectivity index (χ0n) is 9.09. The van der Waals surface area contributed by atoms with Crippen LogP contribution in [0.25, 0.3) is 0 Å². The van der Waals surface area contributed by atoms with Gasteiger partial charge in [-0.05, 0) is 22.4 Å². The summed E-state index contributed by atoms with van der Waals surface area (Å²) in [6.07, 6.45) is 2.31. The predicted molar refractivity (Wildman–Crippen MR) is 63.9 cm³/mol. The Labute approximate surface area is 106 Å². The third-order valence-electron chi connectivity index (χ3n) is 2.27. The van der Waals surface area contributed by atoms with Gasteiger partial charge in [-0.25, -0.2) is 0 Å². The minimum absolute atomic E-state index is 0.00699. The molecule has 0 aliphatic carbocycles. The molecule has 1 aromatic heterocycles. The van der Waals surface area contributed by atoms with Gasteiger partial charge in [0.25, 0.3) is 5.69 Å². The van der Waals surface area contributed by atoms with Crippen molar-refractivity contribution < 1.29 is 14.8 Å². The molecule has 0 fully saturated rings. The van der Waals surface area contributed by atoms with E-state index in [1.165, 1.54) is 12.3 Å². The smallest absolute Gasteiger partial charge is 0.312 e. The maximum Gasteiger partial charge on any atom is 0.312 e. The van der Waals surface area contributed by atoms with E-state index in [9.17, 15) is 14.9 Å². The number of aromatic nitrogens is 1. The van der Waals surface area contributed by atoms with Gasteiger partial charge in [0, 0.05) is 16.7 Å². The second-order valence-corrected chi connectivity index (χ2v) is 4.41. The van der Waals surface area contributed by atoms with Crippen LogP contribution in [0.2, 0.25) is 0 Å². The number of rotatable bonds is 5. The van der Waals surface area contributed by atoms with Gasteiger partial charge in [-0.1, -0.05) is 13.3 Å². The van der Waals surface area contributed by atoms with Crippen LogP contribution in [-0.4, -0.2) is 21.0 Å². The molecule has 1 atom stereocenters. The number of carboxylic acids is 1. The van der Waals surface area contributed by atoms with E-state index >= 15 is 0 Å². The summed E-state index contributed by atoms with van der Waals surface area (Å²) in [6, 6.07) is 1.27. The molecule has 0 aliphatic heterocycles. The van der Waals surface area contributed by atoms with Crippen LogP contribution in [-0.2, 0) is 4.79 Å². The van der Waals surface area contributed by atoms with Crippen molar-refractivity contribution in [1.29, 1.82) is 0 Å². The lowest BCUT2D eigenvalue weighted by Crippen LogP contribution is -2.15. The monoisotopic (exact) mass is 302 g/mol. The highest BCUT2D eigenvalue weighted by Gasteiger charge is 2.28. The predicted octanol–water partition coefficient (Wildman–Crippen LogP) is 2.72. The summed E-state index contributed by atoms with van der Waals surface area (Å²) in [7, 11) is 0. The summed E-state index contributed by atoms with van der Waals surface area (Å²) in [5.41, 5.74) is -0.257. The molecule has 0 spiro atoms. The molecule has 6 nitrogen and oxygen atoms in total. The van der Waals surface area contributed by atoms with E-state index in [1.54, 1.807) is 0 Å². The average Bonchev–Trinajstić information content (AvgIpc) is 2.26. The van der Waals surface area contributed by atoms with Gasteiger partial charge in [-0.15, -0.1) is 0 Å². The molecule has 1 heterocycles. The van der Waals surface area contributed by atoms with Crippen molar-refractivity contribution in [1.82, 2.24) is 4.98 Å². The van der Waals surface area contributed by atoms with Crippen LogP contribution in [0.15, 0.2) is 16.7 Å². The summed E-state index contributed by atoms with van der Waals surface area (Å²) in [6.45, 7) is 1.82. The Morgan fingerprint density at radius 3 is 2.82 bits per heavy atom. The summed E-state index contributed by atoms with van der Waals surface area (Å²) in [5.74, 6) is -2.03. The van der Waals surface area contributed by atoms with Crippen molar-refractivity contribution in [3.63, 3.8) is 0 Å². The van der Waals surface area contributed by atoms with Crippen LogP contribution in [0, 0.1) is 10.1 Å². The van der Waals surface area contributed by atoms with Crippen LogP contribution < -0.4 is 0 Å². The van der Waals surface area contributed by atoms with E-state index in [-0.39, 0.29) is 11.4 Å². The molecule has 1 rings (SSSR count). The fraction of sp³-hybridized carbons (Fsp3) is 0.400. The van der Waals surface area contributed by atoms with E-state index in [4.69, 9.17) is 5.11 Å². The van der Waals surface area contributed by atoms with Gasteiger partial charge in [0.15, 0.2) is 0 Å². The third kappa shape index (κ3) is 3.23. The van der Waals surface area contributed by atoms with Gasteiger partial charge >= 0.3 is 5.97 Å². The van der Waals surface area contributed by atoms with Crippen molar-refractivity contribution >= 4 is 27.6 Å². The number of hydrogen-bond donors (Lipinski definition) is 1. The number of pyridine rings is 1. The highest BCUT2D eigenvalue weighted by molar-refractivity contribution is 9.10. The van der Waals surface area contributed by atoms with E-state index < -0.39 is 16.8 Å². The van der Waals surface area contributed by atoms with Gasteiger partial charge in [0.1, 0.15) is 11.6 Å². The van der Waals surface area contributed by atoms with E-state index in [2.05, 4.69) is 20.9 Å². The van der Waals surface area contributed by atoms with Crippen LogP contribution >= 0.6 is 15.9 Å². The number of carbonyl (C=O) groups is 1. The summed E-state index contributed by atoms with van der Waals surface area (Å²) in [5, 5.41) is 19.9. The number of hydrogen-bond acceptors (Lipinski definition) is 4. The zero-order valence-corrected chi connectivity index (χ0v) is 10.7. The van der Waals surface area contributed by atoms with E-state index in [1.807, 2.05) is 6.92 Å². The van der Waals surface area contributed by atoms with Crippen molar-refractivity contribution in [3.8, 4) is 0 Å². The van der Waals surface area contributed by atoms with E-state index in [0.29, 0.717) is 17.3 Å². The first-order chi connectivity index (χ1) is 7.97. The third-order valence-corrected chi connectivity index (χ3v) is 2.70. The first-order valence-electron chi connectivity index (χ1n) is 5.00. The van der Waals surface area contributed by atoms with Gasteiger partial charge in [-0.2, -0.15) is 0 Å². The number of nitro groups is 1. The minimum Gasteiger partial charge on any atom is -0.481 e. The molecule has 1 aromatic rings. The first-order valence-corrected chi connectivity index (χ1v) is 5.79. The quantitative estimate of drug-likeness (QED) is 0.666. The van der Waals surface area contributed by atoms with Crippen molar-refractivity contribution in [2.24, 2.45) is 0 Å². The molecule has 1 unspecified atom stereocenters. The Kier molecular flexibility index (Phi) is 4.56. The largest absolute Gasteiger partial charge is 0.481 e. The van der Waals surface area contributed by atoms with Gasteiger partial charge in [0.2, 0.25) is 0 Å². The van der Waals surface area contributed by atoms with E-state index in [0.717, 1.165) is 0 Å². The molecule has 0 radical (unpaired) electrons.